The van der Waals surface area contributed by atoms with Crippen molar-refractivity contribution in [2.24, 2.45) is 0 Å². The summed E-state index contributed by atoms with van der Waals surface area (Å²) < 4.78 is 41.1. The summed E-state index contributed by atoms with van der Waals surface area (Å²) in [6, 6.07) is 2.48. The van der Waals surface area contributed by atoms with Gasteiger partial charge in [0.1, 0.15) is 5.82 Å². The van der Waals surface area contributed by atoms with Crippen molar-refractivity contribution in [2.45, 2.75) is 89.6 Å². The predicted molar refractivity (Wildman–Crippen MR) is 148 cm³/mol. The molecule has 2 aromatic rings. The summed E-state index contributed by atoms with van der Waals surface area (Å²) in [6.45, 7) is 2.44. The first-order valence-corrected chi connectivity index (χ1v) is 16.1. The number of carboxylic acid groups (broad SMARTS) is 1. The molecule has 1 aromatic carbocycles. The predicted octanol–water partition coefficient (Wildman–Crippen LogP) is 3.96. The van der Waals surface area contributed by atoms with E-state index < -0.39 is 21.8 Å². The average molecular weight is 578 g/mol. The fourth-order valence-electron chi connectivity index (χ4n) is 5.74. The molecule has 0 aliphatic carbocycles. The molecule has 1 N–H and O–H groups in total. The summed E-state index contributed by atoms with van der Waals surface area (Å²) in [6.07, 6.45) is 12.8. The van der Waals surface area contributed by atoms with Gasteiger partial charge in [0, 0.05) is 56.8 Å². The maximum absolute atomic E-state index is 14.3. The molecular weight excluding hydrogens is 537 g/mol. The van der Waals surface area contributed by atoms with E-state index in [-0.39, 0.29) is 23.9 Å². The molecular formula is C28H40FN5O5S. The topological polar surface area (TPSA) is 126 Å². The van der Waals surface area contributed by atoms with Crippen molar-refractivity contribution in [1.29, 1.82) is 0 Å². The van der Waals surface area contributed by atoms with Gasteiger partial charge in [0.15, 0.2) is 0 Å². The van der Waals surface area contributed by atoms with Crippen LogP contribution in [0.1, 0.15) is 97.3 Å². The molecule has 0 unspecified atom stereocenters. The number of nitrogens with zero attached hydrogens (tertiary/aromatic N) is 5. The quantitative estimate of drug-likeness (QED) is 0.357. The van der Waals surface area contributed by atoms with E-state index in [9.17, 15) is 27.5 Å². The fourth-order valence-corrected chi connectivity index (χ4v) is 6.61. The summed E-state index contributed by atoms with van der Waals surface area (Å²) in [5.74, 6) is -1.26. The lowest BCUT2D eigenvalue weighted by Crippen LogP contribution is -2.37. The summed E-state index contributed by atoms with van der Waals surface area (Å²) >= 11 is 0. The number of aromatic nitrogens is 3. The second-order valence-corrected chi connectivity index (χ2v) is 13.0. The number of carboxylic acids is 1. The third-order valence-corrected chi connectivity index (χ3v) is 9.42. The number of benzene rings is 1. The highest BCUT2D eigenvalue weighted by molar-refractivity contribution is 7.88. The number of hydrogen-bond acceptors (Lipinski definition) is 6. The van der Waals surface area contributed by atoms with E-state index >= 15 is 0 Å². The molecule has 12 heteroatoms. The van der Waals surface area contributed by atoms with Gasteiger partial charge in [-0.15, -0.1) is 5.10 Å². The average Bonchev–Trinajstić information content (AvgIpc) is 3.40. The minimum Gasteiger partial charge on any atom is -0.478 e. The monoisotopic (exact) mass is 577 g/mol. The summed E-state index contributed by atoms with van der Waals surface area (Å²) in [5, 5.41) is 17.9. The van der Waals surface area contributed by atoms with Crippen LogP contribution in [0.2, 0.25) is 0 Å². The molecule has 0 atom stereocenters. The first-order chi connectivity index (χ1) is 19.1. The van der Waals surface area contributed by atoms with Crippen LogP contribution in [0.4, 0.5) is 4.39 Å². The van der Waals surface area contributed by atoms with Gasteiger partial charge in [0.2, 0.25) is 15.9 Å². The number of hydrogen-bond donors (Lipinski definition) is 1. The Balaban J connectivity index is 1.06. The van der Waals surface area contributed by atoms with E-state index in [1.165, 1.54) is 22.7 Å². The summed E-state index contributed by atoms with van der Waals surface area (Å²) in [4.78, 5) is 25.7. The van der Waals surface area contributed by atoms with E-state index in [1.807, 2.05) is 10.9 Å². The number of carbonyl (C=O) groups is 2. The van der Waals surface area contributed by atoms with Gasteiger partial charge >= 0.3 is 5.97 Å². The molecule has 3 heterocycles. The number of amides is 1. The second-order valence-electron chi connectivity index (χ2n) is 11.0. The van der Waals surface area contributed by atoms with E-state index in [2.05, 4.69) is 10.3 Å². The molecule has 2 aliphatic heterocycles. The smallest absolute Gasteiger partial charge is 0.335 e. The second kappa shape index (κ2) is 13.7. The zero-order valence-electron chi connectivity index (χ0n) is 23.2. The van der Waals surface area contributed by atoms with Gasteiger partial charge in [-0.3, -0.25) is 9.48 Å². The van der Waals surface area contributed by atoms with Crippen molar-refractivity contribution in [1.82, 2.24) is 24.2 Å². The highest BCUT2D eigenvalue weighted by atomic mass is 32.2. The number of rotatable bonds is 13. The van der Waals surface area contributed by atoms with Crippen LogP contribution in [-0.4, -0.2) is 75.5 Å². The molecule has 40 heavy (non-hydrogen) atoms. The first-order valence-electron chi connectivity index (χ1n) is 14.3. The summed E-state index contributed by atoms with van der Waals surface area (Å²) in [5.41, 5.74) is 1.91. The van der Waals surface area contributed by atoms with Crippen LogP contribution < -0.4 is 0 Å². The molecule has 1 fully saturated rings. The van der Waals surface area contributed by atoms with E-state index in [0.717, 1.165) is 70.0 Å². The SMILES string of the molecule is CS(=O)(=O)N1CCC(c2cn(CCCCCCCCCC(=O)N3CCc4c(C(=O)O)ccc(F)c4C3)nn2)CC1. The molecule has 0 saturated carbocycles. The van der Waals surface area contributed by atoms with E-state index in [4.69, 9.17) is 0 Å². The van der Waals surface area contributed by atoms with Gasteiger partial charge < -0.3 is 10.0 Å². The molecule has 0 spiro atoms. The number of aromatic carboxylic acids is 1. The van der Waals surface area contributed by atoms with Crippen LogP contribution in [0.25, 0.3) is 0 Å². The first kappa shape index (κ1) is 30.1. The van der Waals surface area contributed by atoms with Crippen molar-refractivity contribution in [3.8, 4) is 0 Å². The van der Waals surface area contributed by atoms with Crippen molar-refractivity contribution < 1.29 is 27.5 Å². The molecule has 1 saturated heterocycles. The van der Waals surface area contributed by atoms with Crippen molar-refractivity contribution in [3.63, 3.8) is 0 Å². The molecule has 0 radical (unpaired) electrons. The van der Waals surface area contributed by atoms with Crippen molar-refractivity contribution in [2.75, 3.05) is 25.9 Å². The lowest BCUT2D eigenvalue weighted by Gasteiger charge is -2.30. The summed E-state index contributed by atoms with van der Waals surface area (Å²) in [7, 11) is -3.13. The molecule has 2 aliphatic rings. The highest BCUT2D eigenvalue weighted by Gasteiger charge is 2.28. The normalized spacial score (nSPS) is 16.7. The van der Waals surface area contributed by atoms with Crippen LogP contribution in [0.3, 0.4) is 0 Å². The Bertz CT molecular complexity index is 1290. The van der Waals surface area contributed by atoms with E-state index in [0.29, 0.717) is 43.6 Å². The third kappa shape index (κ3) is 7.87. The Morgan fingerprint density at radius 3 is 2.35 bits per heavy atom. The highest BCUT2D eigenvalue weighted by Crippen LogP contribution is 2.28. The zero-order chi connectivity index (χ0) is 28.7. The van der Waals surface area contributed by atoms with Crippen LogP contribution in [0.5, 0.6) is 0 Å². The number of aryl methyl sites for hydroxylation is 1. The maximum atomic E-state index is 14.3. The Labute approximate surface area is 235 Å². The zero-order valence-corrected chi connectivity index (χ0v) is 24.0. The van der Waals surface area contributed by atoms with Gasteiger partial charge in [-0.25, -0.2) is 21.9 Å². The van der Waals surface area contributed by atoms with Crippen LogP contribution >= 0.6 is 0 Å². The van der Waals surface area contributed by atoms with Crippen LogP contribution in [0, 0.1) is 5.82 Å². The van der Waals surface area contributed by atoms with Gasteiger partial charge in [0.05, 0.1) is 17.5 Å². The van der Waals surface area contributed by atoms with Crippen molar-refractivity contribution >= 4 is 21.9 Å². The molecule has 4 rings (SSSR count). The molecule has 1 aromatic heterocycles. The Kier molecular flexibility index (Phi) is 10.3. The fraction of sp³-hybridized carbons (Fsp3) is 0.643. The number of sulfonamides is 1. The van der Waals surface area contributed by atoms with Gasteiger partial charge in [-0.2, -0.15) is 0 Å². The number of carbonyl (C=O) groups excluding carboxylic acids is 1. The Morgan fingerprint density at radius 2 is 1.68 bits per heavy atom. The van der Waals surface area contributed by atoms with Gasteiger partial charge in [0.25, 0.3) is 0 Å². The standard InChI is InChI=1S/C28H40FN5O5S/c1-40(38,39)34-17-12-21(13-18-34)26-20-33(31-30-26)15-8-6-4-2-3-5-7-9-27(35)32-16-14-22-23(28(36)37)10-11-25(29)24(22)19-32/h10-11,20-21H,2-9,12-19H2,1H3,(H,36,37). The van der Waals surface area contributed by atoms with Crippen molar-refractivity contribution in [3.05, 3.63) is 46.5 Å². The minimum atomic E-state index is -3.13. The molecule has 10 nitrogen and oxygen atoms in total. The lowest BCUT2D eigenvalue weighted by molar-refractivity contribution is -0.132. The Hall–Kier alpha value is -2.86. The van der Waals surface area contributed by atoms with Crippen LogP contribution in [-0.2, 0) is 34.3 Å². The minimum absolute atomic E-state index is 0.000992. The maximum Gasteiger partial charge on any atom is 0.335 e. The molecule has 220 valence electrons. The van der Waals surface area contributed by atoms with E-state index in [1.54, 1.807) is 4.90 Å². The third-order valence-electron chi connectivity index (χ3n) is 8.11. The van der Waals surface area contributed by atoms with Gasteiger partial charge in [-0.1, -0.05) is 37.3 Å². The largest absolute Gasteiger partial charge is 0.478 e. The number of fused-ring (bicyclic) bond motifs is 1. The van der Waals surface area contributed by atoms with Crippen LogP contribution in [0.15, 0.2) is 18.3 Å². The molecule has 0 bridgehead atoms. The Morgan fingerprint density at radius 1 is 1.00 bits per heavy atom. The number of halogens is 1. The number of piperidine rings is 1. The molecule has 1 amide bonds. The number of unbranched alkanes of at least 4 members (excludes halogenated alkanes) is 6. The lowest BCUT2D eigenvalue weighted by atomic mass is 9.93. The van der Waals surface area contributed by atoms with Gasteiger partial charge in [-0.05, 0) is 49.8 Å².